The Hall–Kier alpha value is -2.68. The van der Waals surface area contributed by atoms with Gasteiger partial charge >= 0.3 is 0 Å². The monoisotopic (exact) mass is 245 g/mol. The molecule has 2 aromatic heterocycles. The zero-order valence-electron chi connectivity index (χ0n) is 10.2. The molecular weight excluding hydrogens is 234 g/mol. The van der Waals surface area contributed by atoms with Crippen LogP contribution in [0.5, 0.6) is 0 Å². The molecule has 0 aliphatic carbocycles. The predicted octanol–water partition coefficient (Wildman–Crippen LogP) is 3.57. The van der Waals surface area contributed by atoms with Crippen molar-refractivity contribution in [3.8, 4) is 5.82 Å². The van der Waals surface area contributed by atoms with E-state index in [1.807, 2.05) is 6.07 Å². The lowest BCUT2D eigenvalue weighted by molar-refractivity contribution is 1.04. The van der Waals surface area contributed by atoms with Crippen LogP contribution in [0.15, 0.2) is 67.1 Å². The molecule has 0 fully saturated rings. The van der Waals surface area contributed by atoms with Crippen LogP contribution in [0.2, 0.25) is 0 Å². The van der Waals surface area contributed by atoms with E-state index in [1.165, 1.54) is 21.8 Å². The summed E-state index contributed by atoms with van der Waals surface area (Å²) in [5, 5.41) is 2.49. The highest BCUT2D eigenvalue weighted by molar-refractivity contribution is 6.08. The van der Waals surface area contributed by atoms with Gasteiger partial charge in [0.2, 0.25) is 0 Å². The van der Waals surface area contributed by atoms with Crippen molar-refractivity contribution in [2.75, 3.05) is 0 Å². The fourth-order valence-corrected chi connectivity index (χ4v) is 2.59. The van der Waals surface area contributed by atoms with Gasteiger partial charge in [0.15, 0.2) is 0 Å². The van der Waals surface area contributed by atoms with Crippen molar-refractivity contribution in [3.63, 3.8) is 0 Å². The lowest BCUT2D eigenvalue weighted by atomic mass is 10.2. The third kappa shape index (κ3) is 1.45. The minimum Gasteiger partial charge on any atom is -0.294 e. The maximum atomic E-state index is 4.37. The van der Waals surface area contributed by atoms with Crippen LogP contribution in [-0.2, 0) is 0 Å². The molecule has 0 aliphatic heterocycles. The first-order chi connectivity index (χ1) is 9.45. The van der Waals surface area contributed by atoms with Crippen LogP contribution in [-0.4, -0.2) is 14.5 Å². The van der Waals surface area contributed by atoms with Gasteiger partial charge in [-0.25, -0.2) is 9.97 Å². The number of rotatable bonds is 1. The van der Waals surface area contributed by atoms with Crippen LogP contribution in [0.1, 0.15) is 0 Å². The lowest BCUT2D eigenvalue weighted by Crippen LogP contribution is -1.96. The zero-order valence-corrected chi connectivity index (χ0v) is 10.2. The summed E-state index contributed by atoms with van der Waals surface area (Å²) in [5.41, 5.74) is 2.34. The van der Waals surface area contributed by atoms with Crippen molar-refractivity contribution < 1.29 is 0 Å². The summed E-state index contributed by atoms with van der Waals surface area (Å²) in [5.74, 6) is 0.896. The Morgan fingerprint density at radius 1 is 0.737 bits per heavy atom. The van der Waals surface area contributed by atoms with Gasteiger partial charge in [0.1, 0.15) is 12.1 Å². The molecule has 0 saturated carbocycles. The molecule has 4 aromatic rings. The molecule has 3 heteroatoms. The van der Waals surface area contributed by atoms with E-state index in [2.05, 4.69) is 63.1 Å². The maximum absolute atomic E-state index is 4.37. The molecule has 0 unspecified atom stereocenters. The van der Waals surface area contributed by atoms with Gasteiger partial charge in [0.25, 0.3) is 0 Å². The first-order valence-electron chi connectivity index (χ1n) is 6.20. The third-order valence-corrected chi connectivity index (χ3v) is 3.38. The Morgan fingerprint density at radius 2 is 1.37 bits per heavy atom. The minimum atomic E-state index is 0.896. The molecule has 0 saturated heterocycles. The lowest BCUT2D eigenvalue weighted by Gasteiger charge is -2.05. The van der Waals surface area contributed by atoms with E-state index < -0.39 is 0 Å². The van der Waals surface area contributed by atoms with E-state index in [9.17, 15) is 0 Å². The number of hydrogen-bond donors (Lipinski definition) is 0. The molecule has 3 nitrogen and oxygen atoms in total. The Labute approximate surface area is 110 Å². The smallest absolute Gasteiger partial charge is 0.140 e. The number of benzene rings is 2. The van der Waals surface area contributed by atoms with Gasteiger partial charge in [-0.3, -0.25) is 4.57 Å². The van der Waals surface area contributed by atoms with E-state index in [1.54, 1.807) is 12.5 Å². The number of fused-ring (bicyclic) bond motifs is 3. The normalized spacial score (nSPS) is 11.2. The Balaban J connectivity index is 2.24. The SMILES string of the molecule is c1ccc2c(c1)c1ccccc1n2-c1ccncn1. The van der Waals surface area contributed by atoms with E-state index >= 15 is 0 Å². The van der Waals surface area contributed by atoms with E-state index in [4.69, 9.17) is 0 Å². The maximum Gasteiger partial charge on any atom is 0.140 e. The van der Waals surface area contributed by atoms with Gasteiger partial charge in [-0.15, -0.1) is 0 Å². The van der Waals surface area contributed by atoms with Crippen LogP contribution in [0, 0.1) is 0 Å². The number of aromatic nitrogens is 3. The van der Waals surface area contributed by atoms with Crippen molar-refractivity contribution >= 4 is 21.8 Å². The third-order valence-electron chi connectivity index (χ3n) is 3.38. The summed E-state index contributed by atoms with van der Waals surface area (Å²) in [6.45, 7) is 0. The van der Waals surface area contributed by atoms with E-state index in [0.717, 1.165) is 5.82 Å². The van der Waals surface area contributed by atoms with Gasteiger partial charge in [-0.2, -0.15) is 0 Å². The summed E-state index contributed by atoms with van der Waals surface area (Å²) >= 11 is 0. The van der Waals surface area contributed by atoms with Gasteiger partial charge in [-0.05, 0) is 18.2 Å². The van der Waals surface area contributed by atoms with E-state index in [0.29, 0.717) is 0 Å². The summed E-state index contributed by atoms with van der Waals surface area (Å²) < 4.78 is 2.17. The summed E-state index contributed by atoms with van der Waals surface area (Å²) in [7, 11) is 0. The minimum absolute atomic E-state index is 0.896. The highest BCUT2D eigenvalue weighted by Crippen LogP contribution is 2.30. The Kier molecular flexibility index (Phi) is 2.12. The highest BCUT2D eigenvalue weighted by atomic mass is 15.1. The molecule has 0 N–H and O–H groups in total. The Bertz CT molecular complexity index is 810. The fourth-order valence-electron chi connectivity index (χ4n) is 2.59. The van der Waals surface area contributed by atoms with E-state index in [-0.39, 0.29) is 0 Å². The predicted molar refractivity (Wildman–Crippen MR) is 76.4 cm³/mol. The van der Waals surface area contributed by atoms with Crippen molar-refractivity contribution in [2.45, 2.75) is 0 Å². The first-order valence-corrected chi connectivity index (χ1v) is 6.20. The van der Waals surface area contributed by atoms with Crippen molar-refractivity contribution in [1.29, 1.82) is 0 Å². The quantitative estimate of drug-likeness (QED) is 0.513. The van der Waals surface area contributed by atoms with Crippen LogP contribution < -0.4 is 0 Å². The van der Waals surface area contributed by atoms with Crippen molar-refractivity contribution in [2.24, 2.45) is 0 Å². The van der Waals surface area contributed by atoms with Gasteiger partial charge < -0.3 is 0 Å². The van der Waals surface area contributed by atoms with Gasteiger partial charge in [-0.1, -0.05) is 36.4 Å². The van der Waals surface area contributed by atoms with Crippen LogP contribution >= 0.6 is 0 Å². The fraction of sp³-hybridized carbons (Fsp3) is 0. The molecule has 19 heavy (non-hydrogen) atoms. The summed E-state index contributed by atoms with van der Waals surface area (Å²) in [4.78, 5) is 8.36. The second kappa shape index (κ2) is 3.92. The van der Waals surface area contributed by atoms with Crippen molar-refractivity contribution in [3.05, 3.63) is 67.1 Å². The average Bonchev–Trinajstić information content (AvgIpc) is 2.83. The molecule has 0 bridgehead atoms. The molecule has 90 valence electrons. The molecule has 0 amide bonds. The topological polar surface area (TPSA) is 30.7 Å². The molecule has 4 rings (SSSR count). The number of nitrogens with zero attached hydrogens (tertiary/aromatic N) is 3. The first kappa shape index (κ1) is 10.3. The molecule has 2 heterocycles. The van der Waals surface area contributed by atoms with Gasteiger partial charge in [0.05, 0.1) is 11.0 Å². The average molecular weight is 245 g/mol. The summed E-state index contributed by atoms with van der Waals surface area (Å²) in [6.07, 6.45) is 3.35. The standard InChI is InChI=1S/C16H11N3/c1-3-7-14-12(5-1)13-6-2-4-8-15(13)19(14)16-9-10-17-11-18-16/h1-11H. The molecule has 2 aromatic carbocycles. The zero-order chi connectivity index (χ0) is 12.7. The highest BCUT2D eigenvalue weighted by Gasteiger charge is 2.11. The molecular formula is C16H11N3. The number of hydrogen-bond acceptors (Lipinski definition) is 2. The van der Waals surface area contributed by atoms with Gasteiger partial charge in [0, 0.05) is 17.0 Å². The van der Waals surface area contributed by atoms with Crippen molar-refractivity contribution in [1.82, 2.24) is 14.5 Å². The second-order valence-corrected chi connectivity index (χ2v) is 4.44. The molecule has 0 spiro atoms. The van der Waals surface area contributed by atoms with Crippen LogP contribution in [0.3, 0.4) is 0 Å². The molecule has 0 radical (unpaired) electrons. The molecule has 0 aliphatic rings. The van der Waals surface area contributed by atoms with Crippen LogP contribution in [0.25, 0.3) is 27.6 Å². The molecule has 0 atom stereocenters. The largest absolute Gasteiger partial charge is 0.294 e. The second-order valence-electron chi connectivity index (χ2n) is 4.44. The number of para-hydroxylation sites is 2. The van der Waals surface area contributed by atoms with Crippen LogP contribution in [0.4, 0.5) is 0 Å². The Morgan fingerprint density at radius 3 is 1.95 bits per heavy atom. The summed E-state index contributed by atoms with van der Waals surface area (Å²) in [6, 6.07) is 18.7.